The van der Waals surface area contributed by atoms with Crippen LogP contribution in [0.2, 0.25) is 0 Å². The largest absolute Gasteiger partial charge is 0.480 e. The van der Waals surface area contributed by atoms with E-state index in [1.807, 2.05) is 30.3 Å². The zero-order valence-corrected chi connectivity index (χ0v) is 11.9. The summed E-state index contributed by atoms with van der Waals surface area (Å²) in [6.07, 6.45) is 1.50. The van der Waals surface area contributed by atoms with Crippen molar-refractivity contribution in [1.29, 1.82) is 0 Å². The summed E-state index contributed by atoms with van der Waals surface area (Å²) < 4.78 is 1.35. The predicted octanol–water partition coefficient (Wildman–Crippen LogP) is 1.20. The van der Waals surface area contributed by atoms with Gasteiger partial charge in [0.25, 0.3) is 5.56 Å². The Kier molecular flexibility index (Phi) is 4.37. The van der Waals surface area contributed by atoms with Crippen LogP contribution in [0.5, 0.6) is 0 Å². The number of carboxylic acids is 1. The highest BCUT2D eigenvalue weighted by Crippen LogP contribution is 2.11. The van der Waals surface area contributed by atoms with E-state index in [4.69, 9.17) is 5.11 Å². The van der Waals surface area contributed by atoms with Crippen molar-refractivity contribution in [3.63, 3.8) is 0 Å². The van der Waals surface area contributed by atoms with Gasteiger partial charge in [0.15, 0.2) is 0 Å². The van der Waals surface area contributed by atoms with E-state index in [0.717, 1.165) is 5.56 Å². The summed E-state index contributed by atoms with van der Waals surface area (Å²) >= 11 is 0. The topological polar surface area (TPSA) is 75.4 Å². The van der Waals surface area contributed by atoms with Crippen molar-refractivity contribution in [2.45, 2.75) is 19.5 Å². The van der Waals surface area contributed by atoms with Crippen molar-refractivity contribution in [2.75, 3.05) is 11.9 Å². The quantitative estimate of drug-likeness (QED) is 0.894. The molecule has 0 amide bonds. The molecule has 1 heterocycles. The highest BCUT2D eigenvalue weighted by atomic mass is 16.4. The predicted molar refractivity (Wildman–Crippen MR) is 79.5 cm³/mol. The summed E-state index contributed by atoms with van der Waals surface area (Å²) in [6, 6.07) is 10.2. The molecule has 2 rings (SSSR count). The lowest BCUT2D eigenvalue weighted by atomic mass is 10.2. The number of likely N-dealkylation sites (N-methyl/N-ethyl adjacent to an activating group) is 1. The Balaban J connectivity index is 2.22. The second kappa shape index (κ2) is 6.21. The molecule has 0 saturated heterocycles. The molecule has 0 aliphatic rings. The zero-order chi connectivity index (χ0) is 15.4. The number of carbonyl (C=O) groups is 1. The monoisotopic (exact) mass is 287 g/mol. The SMILES string of the molecule is CC(C(=O)O)N(C)c1cnn(Cc2ccccc2)c(=O)c1. The smallest absolute Gasteiger partial charge is 0.326 e. The van der Waals surface area contributed by atoms with Crippen LogP contribution in [-0.2, 0) is 11.3 Å². The van der Waals surface area contributed by atoms with Gasteiger partial charge >= 0.3 is 5.97 Å². The fourth-order valence-electron chi connectivity index (χ4n) is 1.88. The first kappa shape index (κ1) is 14.8. The number of carboxylic acid groups (broad SMARTS) is 1. The second-order valence-electron chi connectivity index (χ2n) is 4.82. The molecule has 1 atom stereocenters. The Morgan fingerprint density at radius 1 is 1.38 bits per heavy atom. The Labute approximate surface area is 122 Å². The Morgan fingerprint density at radius 3 is 2.62 bits per heavy atom. The fourth-order valence-corrected chi connectivity index (χ4v) is 1.88. The van der Waals surface area contributed by atoms with Gasteiger partial charge in [-0.2, -0.15) is 5.10 Å². The molecular weight excluding hydrogens is 270 g/mol. The fraction of sp³-hybridized carbons (Fsp3) is 0.267. The minimum atomic E-state index is -0.953. The molecule has 1 unspecified atom stereocenters. The van der Waals surface area contributed by atoms with Crippen molar-refractivity contribution in [2.24, 2.45) is 0 Å². The summed E-state index contributed by atoms with van der Waals surface area (Å²) in [5.41, 5.74) is 1.20. The van der Waals surface area contributed by atoms with Crippen LogP contribution in [0.3, 0.4) is 0 Å². The van der Waals surface area contributed by atoms with Crippen molar-refractivity contribution >= 4 is 11.7 Å². The first-order valence-electron chi connectivity index (χ1n) is 6.56. The summed E-state index contributed by atoms with van der Waals surface area (Å²) in [7, 11) is 1.62. The molecule has 6 heteroatoms. The van der Waals surface area contributed by atoms with E-state index in [0.29, 0.717) is 12.2 Å². The normalized spacial score (nSPS) is 11.9. The van der Waals surface area contributed by atoms with E-state index < -0.39 is 12.0 Å². The first-order chi connectivity index (χ1) is 9.99. The average Bonchev–Trinajstić information content (AvgIpc) is 2.48. The zero-order valence-electron chi connectivity index (χ0n) is 11.9. The first-order valence-corrected chi connectivity index (χ1v) is 6.56. The third kappa shape index (κ3) is 3.47. The van der Waals surface area contributed by atoms with E-state index in [-0.39, 0.29) is 5.56 Å². The average molecular weight is 287 g/mol. The molecule has 0 saturated carbocycles. The summed E-state index contributed by atoms with van der Waals surface area (Å²) in [4.78, 5) is 24.5. The minimum absolute atomic E-state index is 0.263. The molecule has 1 aromatic carbocycles. The minimum Gasteiger partial charge on any atom is -0.480 e. The van der Waals surface area contributed by atoms with Gasteiger partial charge in [-0.15, -0.1) is 0 Å². The highest BCUT2D eigenvalue weighted by molar-refractivity contribution is 5.77. The molecule has 0 radical (unpaired) electrons. The molecule has 1 N–H and O–H groups in total. The Morgan fingerprint density at radius 2 is 2.05 bits per heavy atom. The van der Waals surface area contributed by atoms with Crippen LogP contribution in [0.4, 0.5) is 5.69 Å². The summed E-state index contributed by atoms with van der Waals surface area (Å²) in [6.45, 7) is 1.94. The third-order valence-electron chi connectivity index (χ3n) is 3.38. The molecule has 110 valence electrons. The lowest BCUT2D eigenvalue weighted by molar-refractivity contribution is -0.138. The van der Waals surface area contributed by atoms with Crippen molar-refractivity contribution < 1.29 is 9.90 Å². The molecule has 2 aromatic rings. The van der Waals surface area contributed by atoms with Gasteiger partial charge in [-0.25, -0.2) is 9.48 Å². The van der Waals surface area contributed by atoms with E-state index in [1.165, 1.54) is 21.8 Å². The number of anilines is 1. The van der Waals surface area contributed by atoms with Crippen LogP contribution < -0.4 is 10.5 Å². The maximum Gasteiger partial charge on any atom is 0.326 e. The molecule has 0 spiro atoms. The van der Waals surface area contributed by atoms with E-state index in [9.17, 15) is 9.59 Å². The van der Waals surface area contributed by atoms with Gasteiger partial charge in [0.05, 0.1) is 18.4 Å². The number of nitrogens with zero attached hydrogens (tertiary/aromatic N) is 3. The van der Waals surface area contributed by atoms with Crippen LogP contribution in [0.15, 0.2) is 47.4 Å². The molecule has 0 aliphatic heterocycles. The Hall–Kier alpha value is -2.63. The standard InChI is InChI=1S/C15H17N3O3/c1-11(15(20)21)17(2)13-8-14(19)18(16-9-13)10-12-6-4-3-5-7-12/h3-9,11H,10H2,1-2H3,(H,20,21). The van der Waals surface area contributed by atoms with E-state index >= 15 is 0 Å². The number of rotatable bonds is 5. The van der Waals surface area contributed by atoms with Gasteiger partial charge in [-0.1, -0.05) is 30.3 Å². The molecule has 0 bridgehead atoms. The molecular formula is C15H17N3O3. The summed E-state index contributed by atoms with van der Waals surface area (Å²) in [5, 5.41) is 13.1. The van der Waals surface area contributed by atoms with Gasteiger partial charge < -0.3 is 10.0 Å². The lowest BCUT2D eigenvalue weighted by Crippen LogP contribution is -2.37. The van der Waals surface area contributed by atoms with Crippen molar-refractivity contribution in [3.05, 3.63) is 58.5 Å². The van der Waals surface area contributed by atoms with Crippen LogP contribution in [0, 0.1) is 0 Å². The van der Waals surface area contributed by atoms with Crippen LogP contribution in [0.25, 0.3) is 0 Å². The van der Waals surface area contributed by atoms with Gasteiger partial charge in [0.2, 0.25) is 0 Å². The maximum absolute atomic E-state index is 12.1. The molecule has 1 aromatic heterocycles. The number of aromatic nitrogens is 2. The number of hydrogen-bond donors (Lipinski definition) is 1. The number of aliphatic carboxylic acids is 1. The number of hydrogen-bond acceptors (Lipinski definition) is 4. The van der Waals surface area contributed by atoms with Gasteiger partial charge in [-0.05, 0) is 12.5 Å². The molecule has 0 fully saturated rings. The van der Waals surface area contributed by atoms with E-state index in [2.05, 4.69) is 5.10 Å². The van der Waals surface area contributed by atoms with Gasteiger partial charge in [-0.3, -0.25) is 4.79 Å². The molecule has 21 heavy (non-hydrogen) atoms. The highest BCUT2D eigenvalue weighted by Gasteiger charge is 2.18. The van der Waals surface area contributed by atoms with E-state index in [1.54, 1.807) is 14.0 Å². The second-order valence-corrected chi connectivity index (χ2v) is 4.82. The number of benzene rings is 1. The van der Waals surface area contributed by atoms with Gasteiger partial charge in [0.1, 0.15) is 6.04 Å². The Bertz CT molecular complexity index is 682. The van der Waals surface area contributed by atoms with Crippen LogP contribution >= 0.6 is 0 Å². The van der Waals surface area contributed by atoms with Gasteiger partial charge in [0, 0.05) is 13.1 Å². The van der Waals surface area contributed by atoms with Crippen molar-refractivity contribution in [1.82, 2.24) is 9.78 Å². The molecule has 0 aliphatic carbocycles. The third-order valence-corrected chi connectivity index (χ3v) is 3.38. The van der Waals surface area contributed by atoms with Crippen LogP contribution in [0.1, 0.15) is 12.5 Å². The maximum atomic E-state index is 12.1. The van der Waals surface area contributed by atoms with Crippen molar-refractivity contribution in [3.8, 4) is 0 Å². The summed E-state index contributed by atoms with van der Waals surface area (Å²) in [5.74, 6) is -0.953. The molecule has 6 nitrogen and oxygen atoms in total. The van der Waals surface area contributed by atoms with Crippen LogP contribution in [-0.4, -0.2) is 33.9 Å². The lowest BCUT2D eigenvalue weighted by Gasteiger charge is -2.23.